The molecule has 7 heteroatoms. The Morgan fingerprint density at radius 3 is 2.48 bits per heavy atom. The van der Waals surface area contributed by atoms with E-state index in [0.29, 0.717) is 0 Å². The van der Waals surface area contributed by atoms with E-state index in [2.05, 4.69) is 4.98 Å². The first-order valence-electron chi connectivity index (χ1n) is 7.12. The fourth-order valence-corrected chi connectivity index (χ4v) is 2.48. The van der Waals surface area contributed by atoms with Gasteiger partial charge in [-0.15, -0.1) is 0 Å². The van der Waals surface area contributed by atoms with Crippen LogP contribution < -0.4 is 11.2 Å². The number of amides is 1. The molecule has 0 aromatic carbocycles. The molecule has 21 heavy (non-hydrogen) atoms. The van der Waals surface area contributed by atoms with E-state index in [1.54, 1.807) is 4.90 Å². The van der Waals surface area contributed by atoms with Crippen LogP contribution in [0, 0.1) is 0 Å². The van der Waals surface area contributed by atoms with Gasteiger partial charge >= 0.3 is 5.69 Å². The van der Waals surface area contributed by atoms with Gasteiger partial charge in [0.2, 0.25) is 5.91 Å². The monoisotopic (exact) mass is 293 g/mol. The highest BCUT2D eigenvalue weighted by molar-refractivity contribution is 5.93. The summed E-state index contributed by atoms with van der Waals surface area (Å²) in [7, 11) is 0. The predicted octanol–water partition coefficient (Wildman–Crippen LogP) is 0.142. The van der Waals surface area contributed by atoms with Crippen LogP contribution >= 0.6 is 0 Å². The highest BCUT2D eigenvalue weighted by Crippen LogP contribution is 2.09. The van der Waals surface area contributed by atoms with Gasteiger partial charge < -0.3 is 9.88 Å². The molecular formula is C14H19N3O4. The molecule has 1 aromatic rings. The van der Waals surface area contributed by atoms with Crippen molar-refractivity contribution in [3.8, 4) is 0 Å². The maximum Gasteiger partial charge on any atom is 0.328 e. The zero-order chi connectivity index (χ0) is 15.4. The van der Waals surface area contributed by atoms with Crippen molar-refractivity contribution in [2.45, 2.75) is 39.2 Å². The van der Waals surface area contributed by atoms with Crippen LogP contribution in [-0.4, -0.2) is 39.2 Å². The molecule has 2 rings (SSSR count). The third kappa shape index (κ3) is 3.48. The lowest BCUT2D eigenvalue weighted by atomic mass is 10.1. The van der Waals surface area contributed by atoms with Crippen LogP contribution in [0.2, 0.25) is 0 Å². The number of ketones is 1. The van der Waals surface area contributed by atoms with Crippen LogP contribution in [-0.2, 0) is 11.3 Å². The summed E-state index contributed by atoms with van der Waals surface area (Å²) in [5.41, 5.74) is -1.31. The molecule has 0 saturated carbocycles. The van der Waals surface area contributed by atoms with Gasteiger partial charge in [0.1, 0.15) is 0 Å². The van der Waals surface area contributed by atoms with Gasteiger partial charge in [-0.3, -0.25) is 19.0 Å². The van der Waals surface area contributed by atoms with Crippen molar-refractivity contribution in [1.29, 1.82) is 0 Å². The smallest absolute Gasteiger partial charge is 0.328 e. The molecule has 1 fully saturated rings. The number of rotatable bonds is 4. The molecule has 1 aliphatic heterocycles. The van der Waals surface area contributed by atoms with Crippen LogP contribution in [0.4, 0.5) is 0 Å². The Balaban J connectivity index is 2.11. The average Bonchev–Trinajstić information content (AvgIpc) is 2.47. The van der Waals surface area contributed by atoms with Gasteiger partial charge in [0, 0.05) is 32.3 Å². The first-order valence-corrected chi connectivity index (χ1v) is 7.12. The highest BCUT2D eigenvalue weighted by atomic mass is 16.2. The van der Waals surface area contributed by atoms with Crippen molar-refractivity contribution in [3.05, 3.63) is 32.6 Å². The van der Waals surface area contributed by atoms with E-state index in [0.717, 1.165) is 43.1 Å². The molecule has 1 aromatic heterocycles. The molecule has 1 N–H and O–H groups in total. The second-order valence-electron chi connectivity index (χ2n) is 5.21. The quantitative estimate of drug-likeness (QED) is 0.799. The largest absolute Gasteiger partial charge is 0.343 e. The fraction of sp³-hybridized carbons (Fsp3) is 0.571. The number of nitrogens with zero attached hydrogens (tertiary/aromatic N) is 2. The summed E-state index contributed by atoms with van der Waals surface area (Å²) in [5, 5.41) is 0. The molecule has 0 aliphatic carbocycles. The lowest BCUT2D eigenvalue weighted by molar-refractivity contribution is -0.132. The predicted molar refractivity (Wildman–Crippen MR) is 76.4 cm³/mol. The number of nitrogens with one attached hydrogen (secondary N) is 1. The maximum absolute atomic E-state index is 12.0. The van der Waals surface area contributed by atoms with Crippen molar-refractivity contribution in [2.75, 3.05) is 13.1 Å². The number of hydrogen-bond acceptors (Lipinski definition) is 4. The minimum atomic E-state index is -0.641. The number of H-pyrrole nitrogens is 1. The Kier molecular flexibility index (Phi) is 4.72. The molecular weight excluding hydrogens is 274 g/mol. The number of piperidine rings is 1. The summed E-state index contributed by atoms with van der Waals surface area (Å²) in [4.78, 5) is 51.2. The first-order chi connectivity index (χ1) is 10.0. The maximum atomic E-state index is 12.0. The Morgan fingerprint density at radius 1 is 1.19 bits per heavy atom. The van der Waals surface area contributed by atoms with Crippen LogP contribution in [0.5, 0.6) is 0 Å². The van der Waals surface area contributed by atoms with Crippen molar-refractivity contribution >= 4 is 11.7 Å². The number of carbonyl (C=O) groups excluding carboxylic acids is 2. The Hall–Kier alpha value is -2.18. The number of aromatic amines is 1. The number of aromatic nitrogens is 2. The van der Waals surface area contributed by atoms with Gasteiger partial charge in [-0.05, 0) is 26.2 Å². The zero-order valence-electron chi connectivity index (χ0n) is 12.1. The van der Waals surface area contributed by atoms with Gasteiger partial charge in [-0.25, -0.2) is 4.79 Å². The summed E-state index contributed by atoms with van der Waals surface area (Å²) >= 11 is 0. The number of Topliss-reactive ketones (excluding diaryl/α,β-unsaturated/α-hetero) is 1. The number of carbonyl (C=O) groups is 2. The van der Waals surface area contributed by atoms with Crippen molar-refractivity contribution in [2.24, 2.45) is 0 Å². The first kappa shape index (κ1) is 15.2. The lowest BCUT2D eigenvalue weighted by Gasteiger charge is -2.26. The van der Waals surface area contributed by atoms with E-state index in [1.807, 2.05) is 0 Å². The molecule has 7 nitrogen and oxygen atoms in total. The van der Waals surface area contributed by atoms with E-state index in [1.165, 1.54) is 6.92 Å². The molecule has 1 amide bonds. The van der Waals surface area contributed by atoms with E-state index in [4.69, 9.17) is 0 Å². The van der Waals surface area contributed by atoms with Crippen LogP contribution in [0.1, 0.15) is 43.0 Å². The van der Waals surface area contributed by atoms with Crippen LogP contribution in [0.15, 0.2) is 15.8 Å². The van der Waals surface area contributed by atoms with Gasteiger partial charge in [-0.1, -0.05) is 0 Å². The third-order valence-electron chi connectivity index (χ3n) is 3.70. The minimum absolute atomic E-state index is 0.00931. The summed E-state index contributed by atoms with van der Waals surface area (Å²) < 4.78 is 0.915. The van der Waals surface area contributed by atoms with Gasteiger partial charge in [0.05, 0.1) is 5.56 Å². The standard InChI is InChI=1S/C14H19N3O4/c1-10(18)11-9-15-14(21)17(13(11)20)8-5-12(19)16-6-3-2-4-7-16/h9H,2-8H2,1H3,(H,15,21). The van der Waals surface area contributed by atoms with Crippen molar-refractivity contribution in [1.82, 2.24) is 14.5 Å². The summed E-state index contributed by atoms with van der Waals surface area (Å²) in [6.07, 6.45) is 4.32. The Morgan fingerprint density at radius 2 is 1.86 bits per heavy atom. The average molecular weight is 293 g/mol. The molecule has 0 atom stereocenters. The van der Waals surface area contributed by atoms with Gasteiger partial charge in [0.25, 0.3) is 5.56 Å². The Bertz CT molecular complexity index is 653. The minimum Gasteiger partial charge on any atom is -0.343 e. The summed E-state index contributed by atoms with van der Waals surface area (Å²) in [6.45, 7) is 2.72. The van der Waals surface area contributed by atoms with E-state index >= 15 is 0 Å². The summed E-state index contributed by atoms with van der Waals surface area (Å²) in [5.74, 6) is -0.471. The molecule has 1 saturated heterocycles. The highest BCUT2D eigenvalue weighted by Gasteiger charge is 2.17. The molecule has 0 unspecified atom stereocenters. The molecule has 1 aliphatic rings. The molecule has 114 valence electrons. The van der Waals surface area contributed by atoms with Crippen molar-refractivity contribution < 1.29 is 9.59 Å². The van der Waals surface area contributed by atoms with Crippen LogP contribution in [0.25, 0.3) is 0 Å². The summed E-state index contributed by atoms with van der Waals surface area (Å²) in [6, 6.07) is 0. The normalized spacial score (nSPS) is 15.0. The van der Waals surface area contributed by atoms with E-state index < -0.39 is 17.0 Å². The fourth-order valence-electron chi connectivity index (χ4n) is 2.48. The molecule has 0 radical (unpaired) electrons. The number of likely N-dealkylation sites (tertiary alicyclic amines) is 1. The van der Waals surface area contributed by atoms with Gasteiger partial charge in [0.15, 0.2) is 5.78 Å². The molecule has 2 heterocycles. The van der Waals surface area contributed by atoms with E-state index in [-0.39, 0.29) is 24.4 Å². The van der Waals surface area contributed by atoms with Crippen LogP contribution in [0.3, 0.4) is 0 Å². The third-order valence-corrected chi connectivity index (χ3v) is 3.70. The van der Waals surface area contributed by atoms with Crippen molar-refractivity contribution in [3.63, 3.8) is 0 Å². The lowest BCUT2D eigenvalue weighted by Crippen LogP contribution is -2.40. The van der Waals surface area contributed by atoms with E-state index in [9.17, 15) is 19.2 Å². The second-order valence-corrected chi connectivity index (χ2v) is 5.21. The topological polar surface area (TPSA) is 92.2 Å². The second kappa shape index (κ2) is 6.51. The number of hydrogen-bond donors (Lipinski definition) is 1. The van der Waals surface area contributed by atoms with Gasteiger partial charge in [-0.2, -0.15) is 0 Å². The Labute approximate surface area is 121 Å². The SMILES string of the molecule is CC(=O)c1c[nH]c(=O)n(CCC(=O)N2CCCCC2)c1=O. The molecule has 0 bridgehead atoms. The zero-order valence-corrected chi connectivity index (χ0v) is 12.1. The molecule has 0 spiro atoms.